The second kappa shape index (κ2) is 6.86. The first-order chi connectivity index (χ1) is 15.6. The SMILES string of the molecule is [2H]c1c([2H])c([2H])c(C(=O)O[C@H]2CC[C@H]3[C@@H]4CCC5=CC(=O)CC[C@@H]5[C@H]4CC[C@]23C)c([2H])c1[2H]. The van der Waals surface area contributed by atoms with Gasteiger partial charge in [0.2, 0.25) is 0 Å². The van der Waals surface area contributed by atoms with Crippen molar-refractivity contribution in [1.82, 2.24) is 0 Å². The van der Waals surface area contributed by atoms with Gasteiger partial charge in [-0.05, 0) is 86.8 Å². The summed E-state index contributed by atoms with van der Waals surface area (Å²) in [5.41, 5.74) is 0.801. The fraction of sp³-hybridized carbons (Fsp3) is 0.600. The molecule has 5 rings (SSSR count). The molecule has 4 aliphatic rings. The Bertz CT molecular complexity index is 1040. The number of fused-ring (bicyclic) bond motifs is 5. The standard InChI is InChI=1S/C25H30O3/c1-25-14-13-20-19-10-8-18(26)15-17(19)7-9-21(20)22(25)11-12-23(25)28-24(27)16-5-3-2-4-6-16/h2-6,15,19-23H,7-14H2,1H3/t19-,20+,21+,22-,23-,25-/m0/s1/i2D,3D,4D,5D,6D. The largest absolute Gasteiger partial charge is 0.458 e. The van der Waals surface area contributed by atoms with E-state index in [4.69, 9.17) is 11.6 Å². The zero-order valence-electron chi connectivity index (χ0n) is 21.3. The van der Waals surface area contributed by atoms with Gasteiger partial charge in [0, 0.05) is 11.8 Å². The topological polar surface area (TPSA) is 43.4 Å². The second-order valence-corrected chi connectivity index (χ2v) is 9.32. The molecule has 3 fully saturated rings. The summed E-state index contributed by atoms with van der Waals surface area (Å²) in [5, 5.41) is 0. The molecule has 0 bridgehead atoms. The predicted octanol–water partition coefficient (Wildman–Crippen LogP) is 5.35. The monoisotopic (exact) mass is 383 g/mol. The van der Waals surface area contributed by atoms with E-state index in [-0.39, 0.29) is 22.9 Å². The van der Waals surface area contributed by atoms with Gasteiger partial charge >= 0.3 is 5.97 Å². The first-order valence-corrected chi connectivity index (χ1v) is 10.6. The number of hydrogen-bond donors (Lipinski definition) is 0. The normalized spacial score (nSPS) is 41.9. The number of carbonyl (C=O) groups excluding carboxylic acids is 2. The first-order valence-electron chi connectivity index (χ1n) is 13.1. The van der Waals surface area contributed by atoms with E-state index in [0.29, 0.717) is 30.1 Å². The third-order valence-corrected chi connectivity index (χ3v) is 8.17. The van der Waals surface area contributed by atoms with Gasteiger partial charge in [-0.15, -0.1) is 0 Å². The van der Waals surface area contributed by atoms with Crippen LogP contribution in [-0.4, -0.2) is 17.9 Å². The van der Waals surface area contributed by atoms with Gasteiger partial charge in [0.05, 0.1) is 12.4 Å². The maximum Gasteiger partial charge on any atom is 0.338 e. The number of allylic oxidation sites excluding steroid dienone is 1. The molecule has 1 aromatic rings. The van der Waals surface area contributed by atoms with E-state index in [2.05, 4.69) is 6.92 Å². The Balaban J connectivity index is 1.37. The van der Waals surface area contributed by atoms with Crippen LogP contribution in [0.2, 0.25) is 0 Å². The lowest BCUT2D eigenvalue weighted by Crippen LogP contribution is -2.48. The molecule has 3 saturated carbocycles. The van der Waals surface area contributed by atoms with Crippen molar-refractivity contribution in [3.05, 3.63) is 47.4 Å². The molecule has 28 heavy (non-hydrogen) atoms. The molecule has 0 spiro atoms. The Labute approximate surface area is 174 Å². The Hall–Kier alpha value is -1.90. The smallest absolute Gasteiger partial charge is 0.338 e. The van der Waals surface area contributed by atoms with Crippen molar-refractivity contribution in [3.8, 4) is 0 Å². The van der Waals surface area contributed by atoms with Gasteiger partial charge in [-0.2, -0.15) is 0 Å². The molecule has 0 amide bonds. The quantitative estimate of drug-likeness (QED) is 0.646. The fourth-order valence-corrected chi connectivity index (χ4v) is 6.87. The van der Waals surface area contributed by atoms with Crippen LogP contribution in [0.4, 0.5) is 0 Å². The van der Waals surface area contributed by atoms with Gasteiger partial charge in [0.25, 0.3) is 0 Å². The van der Waals surface area contributed by atoms with Crippen molar-refractivity contribution >= 4 is 11.8 Å². The van der Waals surface area contributed by atoms with Crippen LogP contribution in [0.15, 0.2) is 41.9 Å². The number of ketones is 1. The van der Waals surface area contributed by atoms with E-state index in [9.17, 15) is 9.59 Å². The molecule has 4 aliphatic carbocycles. The Morgan fingerprint density at radius 2 is 1.89 bits per heavy atom. The van der Waals surface area contributed by atoms with Gasteiger partial charge in [0.15, 0.2) is 5.78 Å². The lowest BCUT2D eigenvalue weighted by atomic mass is 9.52. The highest BCUT2D eigenvalue weighted by molar-refractivity contribution is 5.91. The molecular formula is C25H30O3. The molecule has 0 heterocycles. The minimum atomic E-state index is -0.819. The number of hydrogen-bond acceptors (Lipinski definition) is 3. The average molecular weight is 384 g/mol. The summed E-state index contributed by atoms with van der Waals surface area (Å²) < 4.78 is 45.5. The zero-order valence-corrected chi connectivity index (χ0v) is 16.3. The summed E-state index contributed by atoms with van der Waals surface area (Å²) in [6.07, 6.45) is 8.95. The van der Waals surface area contributed by atoms with Crippen LogP contribution in [0, 0.1) is 29.1 Å². The summed E-state index contributed by atoms with van der Waals surface area (Å²) in [7, 11) is 0. The molecule has 0 N–H and O–H groups in total. The zero-order chi connectivity index (χ0) is 23.7. The molecule has 0 radical (unpaired) electrons. The molecular weight excluding hydrogens is 348 g/mol. The van der Waals surface area contributed by atoms with Crippen LogP contribution in [0.25, 0.3) is 0 Å². The van der Waals surface area contributed by atoms with Gasteiger partial charge in [0.1, 0.15) is 6.10 Å². The van der Waals surface area contributed by atoms with Gasteiger partial charge in [-0.1, -0.05) is 30.6 Å². The minimum Gasteiger partial charge on any atom is -0.458 e. The third kappa shape index (κ3) is 2.86. The first kappa shape index (κ1) is 13.3. The van der Waals surface area contributed by atoms with Crippen molar-refractivity contribution < 1.29 is 21.2 Å². The summed E-state index contributed by atoms with van der Waals surface area (Å²) in [4.78, 5) is 24.9. The Morgan fingerprint density at radius 3 is 2.71 bits per heavy atom. The van der Waals surface area contributed by atoms with E-state index in [1.54, 1.807) is 0 Å². The highest BCUT2D eigenvalue weighted by atomic mass is 16.5. The lowest BCUT2D eigenvalue weighted by Gasteiger charge is -2.53. The molecule has 0 unspecified atom stereocenters. The summed E-state index contributed by atoms with van der Waals surface area (Å²) >= 11 is 0. The highest BCUT2D eigenvalue weighted by Gasteiger charge is 2.57. The minimum absolute atomic E-state index is 0.171. The van der Waals surface area contributed by atoms with E-state index in [0.717, 1.165) is 44.9 Å². The Morgan fingerprint density at radius 1 is 1.07 bits per heavy atom. The summed E-state index contributed by atoms with van der Waals surface area (Å²) in [6, 6.07) is -2.56. The number of benzene rings is 1. The fourth-order valence-electron chi connectivity index (χ4n) is 6.87. The second-order valence-electron chi connectivity index (χ2n) is 9.32. The van der Waals surface area contributed by atoms with Crippen LogP contribution in [0.5, 0.6) is 0 Å². The molecule has 6 atom stereocenters. The van der Waals surface area contributed by atoms with Crippen molar-refractivity contribution in [2.75, 3.05) is 0 Å². The molecule has 0 saturated heterocycles. The average Bonchev–Trinajstić information content (AvgIpc) is 3.12. The molecule has 3 heteroatoms. The van der Waals surface area contributed by atoms with Crippen molar-refractivity contribution in [1.29, 1.82) is 0 Å². The van der Waals surface area contributed by atoms with Gasteiger partial charge in [-0.3, -0.25) is 4.79 Å². The number of carbonyl (C=O) groups is 2. The van der Waals surface area contributed by atoms with E-state index < -0.39 is 36.2 Å². The van der Waals surface area contributed by atoms with E-state index in [1.807, 2.05) is 6.08 Å². The van der Waals surface area contributed by atoms with Crippen molar-refractivity contribution in [2.45, 2.75) is 64.4 Å². The number of rotatable bonds is 2. The number of esters is 1. The third-order valence-electron chi connectivity index (χ3n) is 8.17. The van der Waals surface area contributed by atoms with E-state index >= 15 is 0 Å². The van der Waals surface area contributed by atoms with Crippen molar-refractivity contribution in [2.24, 2.45) is 29.1 Å². The summed E-state index contributed by atoms with van der Waals surface area (Å²) in [5.74, 6) is 1.55. The molecule has 0 aromatic heterocycles. The van der Waals surface area contributed by atoms with Crippen molar-refractivity contribution in [3.63, 3.8) is 0 Å². The number of ether oxygens (including phenoxy) is 1. The van der Waals surface area contributed by atoms with Crippen LogP contribution in [0.3, 0.4) is 0 Å². The van der Waals surface area contributed by atoms with Crippen LogP contribution in [-0.2, 0) is 9.53 Å². The van der Waals surface area contributed by atoms with E-state index in [1.165, 1.54) is 5.57 Å². The van der Waals surface area contributed by atoms with Gasteiger partial charge in [-0.25, -0.2) is 4.79 Å². The molecule has 3 nitrogen and oxygen atoms in total. The maximum atomic E-state index is 13.0. The highest BCUT2D eigenvalue weighted by Crippen LogP contribution is 2.62. The molecule has 148 valence electrons. The van der Waals surface area contributed by atoms with Crippen LogP contribution >= 0.6 is 0 Å². The van der Waals surface area contributed by atoms with Crippen LogP contribution in [0.1, 0.15) is 75.5 Å². The van der Waals surface area contributed by atoms with Gasteiger partial charge < -0.3 is 4.74 Å². The Kier molecular flexibility index (Phi) is 3.27. The maximum absolute atomic E-state index is 13.0. The predicted molar refractivity (Wildman–Crippen MR) is 108 cm³/mol. The molecule has 1 aromatic carbocycles. The van der Waals surface area contributed by atoms with Crippen LogP contribution < -0.4 is 0 Å². The molecule has 0 aliphatic heterocycles. The lowest BCUT2D eigenvalue weighted by molar-refractivity contribution is -0.116. The summed E-state index contributed by atoms with van der Waals surface area (Å²) in [6.45, 7) is 2.20.